The zero-order valence-electron chi connectivity index (χ0n) is 13.7. The highest BCUT2D eigenvalue weighted by molar-refractivity contribution is 7.98. The molecule has 3 aromatic rings. The number of thioether (sulfide) groups is 1. The van der Waals surface area contributed by atoms with Crippen molar-refractivity contribution >= 4 is 39.8 Å². The smallest absolute Gasteiger partial charge is 0.269 e. The minimum Gasteiger partial charge on any atom is -0.296 e. The maximum absolute atomic E-state index is 12.2. The van der Waals surface area contributed by atoms with E-state index in [-0.39, 0.29) is 11.6 Å². The van der Waals surface area contributed by atoms with E-state index in [0.717, 1.165) is 9.90 Å². The Kier molecular flexibility index (Phi) is 5.59. The quantitative estimate of drug-likeness (QED) is 0.385. The predicted molar refractivity (Wildman–Crippen MR) is 102 cm³/mol. The Morgan fingerprint density at radius 1 is 1.15 bits per heavy atom. The highest BCUT2D eigenvalue weighted by Crippen LogP contribution is 2.26. The van der Waals surface area contributed by atoms with E-state index in [0.29, 0.717) is 16.4 Å². The molecule has 0 saturated heterocycles. The molecule has 0 saturated carbocycles. The lowest BCUT2D eigenvalue weighted by atomic mass is 10.2. The topological polar surface area (TPSA) is 98.0 Å². The molecular formula is C17H14N4O3S2. The van der Waals surface area contributed by atoms with Gasteiger partial charge in [0, 0.05) is 22.6 Å². The number of hydrogen-bond donors (Lipinski definition) is 1. The number of rotatable bonds is 6. The second-order valence-corrected chi connectivity index (χ2v) is 7.47. The standard InChI is InChI=1S/C17H14N4O3S2/c1-11-2-8-14(9-3-11)25-10-15-19-20-17(26-15)18-16(22)12-4-6-13(7-5-12)21(23)24/h2-9H,10H2,1H3,(H,18,20,22). The van der Waals surface area contributed by atoms with Crippen molar-refractivity contribution in [3.05, 3.63) is 74.8 Å². The van der Waals surface area contributed by atoms with Gasteiger partial charge in [0.05, 0.1) is 10.7 Å². The van der Waals surface area contributed by atoms with Gasteiger partial charge in [-0.3, -0.25) is 20.2 Å². The lowest BCUT2D eigenvalue weighted by Gasteiger charge is -2.00. The molecule has 0 fully saturated rings. The van der Waals surface area contributed by atoms with Crippen LogP contribution in [0, 0.1) is 17.0 Å². The normalized spacial score (nSPS) is 10.5. The molecular weight excluding hydrogens is 372 g/mol. The highest BCUT2D eigenvalue weighted by Gasteiger charge is 2.12. The number of nitro benzene ring substituents is 1. The fourth-order valence-electron chi connectivity index (χ4n) is 2.05. The zero-order valence-corrected chi connectivity index (χ0v) is 15.3. The predicted octanol–water partition coefficient (Wildman–Crippen LogP) is 4.30. The van der Waals surface area contributed by atoms with Gasteiger partial charge in [-0.25, -0.2) is 0 Å². The molecule has 3 rings (SSSR count). The summed E-state index contributed by atoms with van der Waals surface area (Å²) in [6.07, 6.45) is 0. The molecule has 1 aromatic heterocycles. The number of anilines is 1. The van der Waals surface area contributed by atoms with Gasteiger partial charge in [0.25, 0.3) is 11.6 Å². The highest BCUT2D eigenvalue weighted by atomic mass is 32.2. The number of amides is 1. The van der Waals surface area contributed by atoms with Gasteiger partial charge in [-0.1, -0.05) is 29.0 Å². The molecule has 1 N–H and O–H groups in total. The van der Waals surface area contributed by atoms with Gasteiger partial charge in [0.15, 0.2) is 0 Å². The fraction of sp³-hybridized carbons (Fsp3) is 0.118. The van der Waals surface area contributed by atoms with Gasteiger partial charge < -0.3 is 0 Å². The van der Waals surface area contributed by atoms with E-state index < -0.39 is 4.92 Å². The first-order valence-electron chi connectivity index (χ1n) is 7.59. The summed E-state index contributed by atoms with van der Waals surface area (Å²) in [5, 5.41) is 22.5. The molecule has 0 aliphatic rings. The first kappa shape index (κ1) is 18.0. The van der Waals surface area contributed by atoms with Crippen molar-refractivity contribution in [3.63, 3.8) is 0 Å². The van der Waals surface area contributed by atoms with Crippen LogP contribution >= 0.6 is 23.1 Å². The number of nitro groups is 1. The van der Waals surface area contributed by atoms with Crippen LogP contribution in [-0.4, -0.2) is 21.0 Å². The van der Waals surface area contributed by atoms with Crippen molar-refractivity contribution in [1.29, 1.82) is 0 Å². The van der Waals surface area contributed by atoms with Crippen LogP contribution in [0.25, 0.3) is 0 Å². The Hall–Kier alpha value is -2.78. The van der Waals surface area contributed by atoms with Crippen molar-refractivity contribution < 1.29 is 9.72 Å². The third-order valence-electron chi connectivity index (χ3n) is 3.41. The summed E-state index contributed by atoms with van der Waals surface area (Å²) >= 11 is 2.95. The molecule has 0 atom stereocenters. The van der Waals surface area contributed by atoms with Crippen LogP contribution in [0.15, 0.2) is 53.4 Å². The maximum atomic E-state index is 12.2. The number of benzene rings is 2. The van der Waals surface area contributed by atoms with Crippen molar-refractivity contribution in [1.82, 2.24) is 10.2 Å². The van der Waals surface area contributed by atoms with Crippen LogP contribution < -0.4 is 5.32 Å². The Morgan fingerprint density at radius 3 is 2.50 bits per heavy atom. The van der Waals surface area contributed by atoms with E-state index in [1.54, 1.807) is 11.8 Å². The van der Waals surface area contributed by atoms with E-state index >= 15 is 0 Å². The average molecular weight is 386 g/mol. The van der Waals surface area contributed by atoms with Crippen molar-refractivity contribution in [2.75, 3.05) is 5.32 Å². The first-order chi connectivity index (χ1) is 12.5. The van der Waals surface area contributed by atoms with Gasteiger partial charge in [-0.05, 0) is 31.2 Å². The van der Waals surface area contributed by atoms with Crippen LogP contribution in [-0.2, 0) is 5.75 Å². The number of carbonyl (C=O) groups is 1. The van der Waals surface area contributed by atoms with Gasteiger partial charge in [-0.15, -0.1) is 22.0 Å². The monoisotopic (exact) mass is 386 g/mol. The van der Waals surface area contributed by atoms with Crippen LogP contribution in [0.1, 0.15) is 20.9 Å². The summed E-state index contributed by atoms with van der Waals surface area (Å²) in [6, 6.07) is 13.6. The molecule has 0 unspecified atom stereocenters. The van der Waals surface area contributed by atoms with Crippen LogP contribution in [0.5, 0.6) is 0 Å². The van der Waals surface area contributed by atoms with Crippen LogP contribution in [0.4, 0.5) is 10.8 Å². The fourth-order valence-corrected chi connectivity index (χ4v) is 3.66. The van der Waals surface area contributed by atoms with Gasteiger partial charge in [0.2, 0.25) is 5.13 Å². The Balaban J connectivity index is 1.58. The van der Waals surface area contributed by atoms with E-state index in [1.807, 2.05) is 6.92 Å². The zero-order chi connectivity index (χ0) is 18.5. The van der Waals surface area contributed by atoms with Crippen molar-refractivity contribution in [2.24, 2.45) is 0 Å². The van der Waals surface area contributed by atoms with E-state index in [1.165, 1.54) is 41.2 Å². The molecule has 0 aliphatic carbocycles. The Labute approximate surface area is 157 Å². The minimum atomic E-state index is -0.510. The van der Waals surface area contributed by atoms with Gasteiger partial charge in [-0.2, -0.15) is 0 Å². The SMILES string of the molecule is Cc1ccc(SCc2nnc(NC(=O)c3ccc([N+](=O)[O-])cc3)s2)cc1. The van der Waals surface area contributed by atoms with Gasteiger partial charge >= 0.3 is 0 Å². The number of aryl methyl sites for hydroxylation is 1. The Bertz CT molecular complexity index is 924. The van der Waals surface area contributed by atoms with Crippen LogP contribution in [0.2, 0.25) is 0 Å². The largest absolute Gasteiger partial charge is 0.296 e. The number of carbonyl (C=O) groups excluding carboxylic acids is 1. The summed E-state index contributed by atoms with van der Waals surface area (Å²) < 4.78 is 0. The Morgan fingerprint density at radius 2 is 1.85 bits per heavy atom. The van der Waals surface area contributed by atoms with Crippen molar-refractivity contribution in [3.8, 4) is 0 Å². The van der Waals surface area contributed by atoms with E-state index in [4.69, 9.17) is 0 Å². The summed E-state index contributed by atoms with van der Waals surface area (Å²) in [7, 11) is 0. The minimum absolute atomic E-state index is 0.0621. The molecule has 0 bridgehead atoms. The molecule has 1 amide bonds. The number of nitrogens with one attached hydrogen (secondary N) is 1. The first-order valence-corrected chi connectivity index (χ1v) is 9.39. The second-order valence-electron chi connectivity index (χ2n) is 5.36. The molecule has 2 aromatic carbocycles. The maximum Gasteiger partial charge on any atom is 0.269 e. The molecule has 9 heteroatoms. The molecule has 7 nitrogen and oxygen atoms in total. The van der Waals surface area contributed by atoms with E-state index in [2.05, 4.69) is 39.8 Å². The molecule has 0 spiro atoms. The summed E-state index contributed by atoms with van der Waals surface area (Å²) in [4.78, 5) is 23.4. The van der Waals surface area contributed by atoms with Crippen molar-refractivity contribution in [2.45, 2.75) is 17.6 Å². The molecule has 1 heterocycles. The van der Waals surface area contributed by atoms with E-state index in [9.17, 15) is 14.9 Å². The van der Waals surface area contributed by atoms with Crippen LogP contribution in [0.3, 0.4) is 0 Å². The molecule has 0 aliphatic heterocycles. The molecule has 0 radical (unpaired) electrons. The third-order valence-corrected chi connectivity index (χ3v) is 5.46. The lowest BCUT2D eigenvalue weighted by Crippen LogP contribution is -2.11. The number of nitrogens with zero attached hydrogens (tertiary/aromatic N) is 3. The second kappa shape index (κ2) is 8.07. The summed E-state index contributed by atoms with van der Waals surface area (Å²) in [6.45, 7) is 2.04. The number of aromatic nitrogens is 2. The summed E-state index contributed by atoms with van der Waals surface area (Å²) in [5.74, 6) is 0.280. The molecule has 132 valence electrons. The lowest BCUT2D eigenvalue weighted by molar-refractivity contribution is -0.384. The number of hydrogen-bond acceptors (Lipinski definition) is 7. The third kappa shape index (κ3) is 4.64. The average Bonchev–Trinajstić information content (AvgIpc) is 3.08. The molecule has 26 heavy (non-hydrogen) atoms. The summed E-state index contributed by atoms with van der Waals surface area (Å²) in [5.41, 5.74) is 1.47. The number of non-ortho nitro benzene ring substituents is 1. The van der Waals surface area contributed by atoms with Gasteiger partial charge in [0.1, 0.15) is 5.01 Å².